The van der Waals surface area contributed by atoms with Crippen LogP contribution in [0.25, 0.3) is 5.69 Å². The van der Waals surface area contributed by atoms with E-state index < -0.39 is 32.6 Å². The van der Waals surface area contributed by atoms with E-state index in [4.69, 9.17) is 0 Å². The molecule has 0 spiro atoms. The Morgan fingerprint density at radius 2 is 1.84 bits per heavy atom. The molecule has 0 fully saturated rings. The van der Waals surface area contributed by atoms with Gasteiger partial charge in [0.2, 0.25) is 10.0 Å². The largest absolute Gasteiger partial charge is 0.306 e. The summed E-state index contributed by atoms with van der Waals surface area (Å²) >= 11 is 0. The van der Waals surface area contributed by atoms with E-state index in [1.54, 1.807) is 37.8 Å². The standard InChI is InChI=1S/C17H15F2N3O2S/c1-12(13-2-5-15(6-3-13)22-9-8-20-11-22)21-25(23,24)17-7-4-14(18)10-16(17)19/h2-12,21H,1H3/t12-/m0/s1. The molecular weight excluding hydrogens is 348 g/mol. The summed E-state index contributed by atoms with van der Waals surface area (Å²) < 4.78 is 55.5. The summed E-state index contributed by atoms with van der Waals surface area (Å²) in [6.07, 6.45) is 5.10. The summed E-state index contributed by atoms with van der Waals surface area (Å²) in [5, 5.41) is 0. The summed E-state index contributed by atoms with van der Waals surface area (Å²) in [7, 11) is -4.12. The highest BCUT2D eigenvalue weighted by atomic mass is 32.2. The van der Waals surface area contributed by atoms with Gasteiger partial charge >= 0.3 is 0 Å². The van der Waals surface area contributed by atoms with Gasteiger partial charge in [0.05, 0.1) is 6.33 Å². The van der Waals surface area contributed by atoms with Crippen LogP contribution < -0.4 is 4.72 Å². The predicted octanol–water partition coefficient (Wildman–Crippen LogP) is 3.19. The molecule has 0 saturated heterocycles. The fourth-order valence-electron chi connectivity index (χ4n) is 2.40. The molecule has 0 amide bonds. The Hall–Kier alpha value is -2.58. The molecule has 0 radical (unpaired) electrons. The number of benzene rings is 2. The molecule has 130 valence electrons. The van der Waals surface area contributed by atoms with Crippen LogP contribution in [0.15, 0.2) is 66.1 Å². The second-order valence-corrected chi connectivity index (χ2v) is 7.16. The van der Waals surface area contributed by atoms with Crippen molar-refractivity contribution < 1.29 is 17.2 Å². The molecule has 0 unspecified atom stereocenters. The Morgan fingerprint density at radius 3 is 2.44 bits per heavy atom. The van der Waals surface area contributed by atoms with Gasteiger partial charge in [-0.1, -0.05) is 12.1 Å². The van der Waals surface area contributed by atoms with Crippen molar-refractivity contribution in [2.75, 3.05) is 0 Å². The molecule has 1 heterocycles. The molecule has 1 aromatic heterocycles. The van der Waals surface area contributed by atoms with Crippen LogP contribution in [0, 0.1) is 11.6 Å². The molecule has 0 aliphatic heterocycles. The van der Waals surface area contributed by atoms with Gasteiger partial charge in [-0.3, -0.25) is 0 Å². The van der Waals surface area contributed by atoms with Gasteiger partial charge in [-0.2, -0.15) is 0 Å². The zero-order valence-corrected chi connectivity index (χ0v) is 14.0. The van der Waals surface area contributed by atoms with E-state index in [1.165, 1.54) is 0 Å². The highest BCUT2D eigenvalue weighted by Crippen LogP contribution is 2.21. The third kappa shape index (κ3) is 3.75. The molecule has 3 rings (SSSR count). The van der Waals surface area contributed by atoms with Gasteiger partial charge in [0.15, 0.2) is 0 Å². The molecule has 5 nitrogen and oxygen atoms in total. The van der Waals surface area contributed by atoms with Crippen molar-refractivity contribution in [1.29, 1.82) is 0 Å². The summed E-state index contributed by atoms with van der Waals surface area (Å²) in [4.78, 5) is 3.37. The van der Waals surface area contributed by atoms with Crippen molar-refractivity contribution in [3.63, 3.8) is 0 Å². The van der Waals surface area contributed by atoms with Crippen LogP contribution in [0.2, 0.25) is 0 Å². The van der Waals surface area contributed by atoms with E-state index in [-0.39, 0.29) is 0 Å². The van der Waals surface area contributed by atoms with E-state index in [0.29, 0.717) is 11.6 Å². The first-order chi connectivity index (χ1) is 11.9. The molecule has 25 heavy (non-hydrogen) atoms. The maximum absolute atomic E-state index is 13.7. The molecule has 8 heteroatoms. The van der Waals surface area contributed by atoms with Crippen molar-refractivity contribution in [1.82, 2.24) is 14.3 Å². The summed E-state index contributed by atoms with van der Waals surface area (Å²) in [5.74, 6) is -1.96. The molecule has 3 aromatic rings. The molecule has 0 aliphatic carbocycles. The number of nitrogens with zero attached hydrogens (tertiary/aromatic N) is 2. The van der Waals surface area contributed by atoms with Gasteiger partial charge in [0, 0.05) is 30.2 Å². The van der Waals surface area contributed by atoms with E-state index in [2.05, 4.69) is 9.71 Å². The fourth-order valence-corrected chi connectivity index (χ4v) is 3.70. The number of rotatable bonds is 5. The Morgan fingerprint density at radius 1 is 1.12 bits per heavy atom. The third-order valence-electron chi connectivity index (χ3n) is 3.71. The van der Waals surface area contributed by atoms with Gasteiger partial charge in [-0.25, -0.2) is 26.9 Å². The fraction of sp³-hybridized carbons (Fsp3) is 0.118. The van der Waals surface area contributed by atoms with Crippen LogP contribution in [0.4, 0.5) is 8.78 Å². The van der Waals surface area contributed by atoms with E-state index in [9.17, 15) is 17.2 Å². The highest BCUT2D eigenvalue weighted by molar-refractivity contribution is 7.89. The van der Waals surface area contributed by atoms with Crippen LogP contribution in [0.3, 0.4) is 0 Å². The van der Waals surface area contributed by atoms with Crippen molar-refractivity contribution in [3.8, 4) is 5.69 Å². The number of halogens is 2. The second-order valence-electron chi connectivity index (χ2n) is 5.48. The number of aromatic nitrogens is 2. The van der Waals surface area contributed by atoms with Crippen molar-refractivity contribution >= 4 is 10.0 Å². The predicted molar refractivity (Wildman–Crippen MR) is 88.7 cm³/mol. The monoisotopic (exact) mass is 363 g/mol. The molecule has 2 aromatic carbocycles. The van der Waals surface area contributed by atoms with Crippen LogP contribution in [-0.2, 0) is 10.0 Å². The van der Waals surface area contributed by atoms with Gasteiger partial charge in [-0.05, 0) is 36.8 Å². The molecule has 0 aliphatic rings. The lowest BCUT2D eigenvalue weighted by Gasteiger charge is -2.15. The Bertz CT molecular complexity index is 972. The molecule has 0 saturated carbocycles. The summed E-state index contributed by atoms with van der Waals surface area (Å²) in [6, 6.07) is 8.93. The zero-order chi connectivity index (χ0) is 18.0. The Balaban J connectivity index is 1.80. The average molecular weight is 363 g/mol. The Kier molecular flexibility index (Phi) is 4.65. The lowest BCUT2D eigenvalue weighted by molar-refractivity contribution is 0.536. The highest BCUT2D eigenvalue weighted by Gasteiger charge is 2.22. The van der Waals surface area contributed by atoms with Gasteiger partial charge in [0.25, 0.3) is 0 Å². The van der Waals surface area contributed by atoms with Gasteiger partial charge < -0.3 is 4.57 Å². The quantitative estimate of drug-likeness (QED) is 0.757. The minimum absolute atomic E-state index is 0.541. The lowest BCUT2D eigenvalue weighted by Crippen LogP contribution is -2.27. The van der Waals surface area contributed by atoms with Gasteiger partial charge in [-0.15, -0.1) is 0 Å². The first kappa shape index (κ1) is 17.2. The molecule has 1 N–H and O–H groups in total. The number of hydrogen-bond donors (Lipinski definition) is 1. The minimum atomic E-state index is -4.12. The van der Waals surface area contributed by atoms with Crippen LogP contribution in [0.5, 0.6) is 0 Å². The smallest absolute Gasteiger partial charge is 0.244 e. The first-order valence-corrected chi connectivity index (χ1v) is 8.91. The molecular formula is C17H15F2N3O2S. The molecule has 1 atom stereocenters. The maximum atomic E-state index is 13.7. The number of hydrogen-bond acceptors (Lipinski definition) is 3. The number of nitrogens with one attached hydrogen (secondary N) is 1. The van der Waals surface area contributed by atoms with Crippen molar-refractivity contribution in [2.24, 2.45) is 0 Å². The van der Waals surface area contributed by atoms with Crippen LogP contribution >= 0.6 is 0 Å². The molecule has 0 bridgehead atoms. The third-order valence-corrected chi connectivity index (χ3v) is 5.28. The zero-order valence-electron chi connectivity index (χ0n) is 13.2. The number of sulfonamides is 1. The van der Waals surface area contributed by atoms with Crippen LogP contribution in [0.1, 0.15) is 18.5 Å². The van der Waals surface area contributed by atoms with Crippen molar-refractivity contribution in [3.05, 3.63) is 78.4 Å². The Labute approximate surface area is 144 Å². The van der Waals surface area contributed by atoms with Crippen molar-refractivity contribution in [2.45, 2.75) is 17.9 Å². The lowest BCUT2D eigenvalue weighted by atomic mass is 10.1. The summed E-state index contributed by atoms with van der Waals surface area (Å²) in [6.45, 7) is 1.64. The van der Waals surface area contributed by atoms with E-state index >= 15 is 0 Å². The normalized spacial score (nSPS) is 12.9. The average Bonchev–Trinajstić information content (AvgIpc) is 3.08. The maximum Gasteiger partial charge on any atom is 0.244 e. The second kappa shape index (κ2) is 6.73. The van der Waals surface area contributed by atoms with E-state index in [1.807, 2.05) is 16.7 Å². The number of imidazole rings is 1. The van der Waals surface area contributed by atoms with Gasteiger partial charge in [0.1, 0.15) is 16.5 Å². The van der Waals surface area contributed by atoms with Crippen LogP contribution in [-0.4, -0.2) is 18.0 Å². The van der Waals surface area contributed by atoms with E-state index in [0.717, 1.165) is 17.8 Å². The topological polar surface area (TPSA) is 64.0 Å². The first-order valence-electron chi connectivity index (χ1n) is 7.42. The minimum Gasteiger partial charge on any atom is -0.306 e. The SMILES string of the molecule is C[C@H](NS(=O)(=O)c1ccc(F)cc1F)c1ccc(-n2ccnc2)cc1. The summed E-state index contributed by atoms with van der Waals surface area (Å²) in [5.41, 5.74) is 1.58.